The van der Waals surface area contributed by atoms with Crippen molar-refractivity contribution in [3.63, 3.8) is 0 Å². The van der Waals surface area contributed by atoms with Crippen LogP contribution < -0.4 is 5.73 Å². The number of amides is 1. The highest BCUT2D eigenvalue weighted by molar-refractivity contribution is 5.98. The summed E-state index contributed by atoms with van der Waals surface area (Å²) >= 11 is 0. The van der Waals surface area contributed by atoms with Gasteiger partial charge in [-0.25, -0.2) is 4.39 Å². The van der Waals surface area contributed by atoms with Crippen LogP contribution in [0.1, 0.15) is 23.2 Å². The normalized spacial score (nSPS) is 15.8. The van der Waals surface area contributed by atoms with Crippen LogP contribution in [0.5, 0.6) is 0 Å². The zero-order chi connectivity index (χ0) is 14.9. The summed E-state index contributed by atoms with van der Waals surface area (Å²) in [5, 5.41) is 10.9. The Morgan fingerprint density at radius 3 is 2.75 bits per heavy atom. The molecule has 0 radical (unpaired) electrons. The number of nitrogens with two attached hydrogens (primary N) is 1. The second-order valence-electron chi connectivity index (χ2n) is 4.98. The van der Waals surface area contributed by atoms with Gasteiger partial charge in [-0.2, -0.15) is 0 Å². The lowest BCUT2D eigenvalue weighted by molar-refractivity contribution is -0.385. The molecule has 1 atom stereocenters. The van der Waals surface area contributed by atoms with Crippen molar-refractivity contribution in [2.75, 3.05) is 13.6 Å². The van der Waals surface area contributed by atoms with Crippen LogP contribution in [0.3, 0.4) is 0 Å². The van der Waals surface area contributed by atoms with Crippen LogP contribution in [0, 0.1) is 21.8 Å². The molecule has 1 aromatic carbocycles. The first-order chi connectivity index (χ1) is 9.45. The average Bonchev–Trinajstić information content (AvgIpc) is 3.23. The van der Waals surface area contributed by atoms with E-state index in [4.69, 9.17) is 5.73 Å². The predicted molar refractivity (Wildman–Crippen MR) is 70.7 cm³/mol. The van der Waals surface area contributed by atoms with E-state index in [1.807, 2.05) is 0 Å². The van der Waals surface area contributed by atoms with Crippen LogP contribution in [-0.4, -0.2) is 35.4 Å². The largest absolute Gasteiger partial charge is 0.337 e. The van der Waals surface area contributed by atoms with E-state index < -0.39 is 22.3 Å². The molecule has 2 N–H and O–H groups in total. The van der Waals surface area contributed by atoms with Crippen molar-refractivity contribution in [1.82, 2.24) is 4.90 Å². The molecular formula is C13H16FN3O3. The number of halogens is 1. The van der Waals surface area contributed by atoms with E-state index in [2.05, 4.69) is 0 Å². The number of hydrogen-bond acceptors (Lipinski definition) is 4. The highest BCUT2D eigenvalue weighted by atomic mass is 19.1. The van der Waals surface area contributed by atoms with Crippen molar-refractivity contribution in [3.05, 3.63) is 39.7 Å². The van der Waals surface area contributed by atoms with Gasteiger partial charge in [0.2, 0.25) is 0 Å². The molecule has 1 fully saturated rings. The summed E-state index contributed by atoms with van der Waals surface area (Å²) in [5.74, 6) is -0.888. The number of rotatable bonds is 5. The molecule has 0 spiro atoms. The van der Waals surface area contributed by atoms with Gasteiger partial charge in [-0.15, -0.1) is 0 Å². The predicted octanol–water partition coefficient (Wildman–Crippen LogP) is 1.54. The first-order valence-electron chi connectivity index (χ1n) is 6.37. The molecule has 2 rings (SSSR count). The first-order valence-corrected chi connectivity index (χ1v) is 6.37. The molecule has 108 valence electrons. The molecule has 1 aliphatic rings. The molecule has 20 heavy (non-hydrogen) atoms. The Balaban J connectivity index is 2.30. The molecule has 1 amide bonds. The topological polar surface area (TPSA) is 89.5 Å². The number of nitrogens with zero attached hydrogens (tertiary/aromatic N) is 2. The van der Waals surface area contributed by atoms with Crippen LogP contribution in [-0.2, 0) is 0 Å². The number of likely N-dealkylation sites (N-methyl/N-ethyl adjacent to an activating group) is 1. The van der Waals surface area contributed by atoms with E-state index in [9.17, 15) is 19.3 Å². The number of hydrogen-bond donors (Lipinski definition) is 1. The van der Waals surface area contributed by atoms with Crippen molar-refractivity contribution in [2.24, 2.45) is 11.7 Å². The Hall–Kier alpha value is -2.02. The van der Waals surface area contributed by atoms with Crippen molar-refractivity contribution in [1.29, 1.82) is 0 Å². The Kier molecular flexibility index (Phi) is 3.99. The maximum Gasteiger partial charge on any atom is 0.285 e. The molecular weight excluding hydrogens is 265 g/mol. The zero-order valence-electron chi connectivity index (χ0n) is 11.1. The van der Waals surface area contributed by atoms with Gasteiger partial charge in [0, 0.05) is 19.6 Å². The summed E-state index contributed by atoms with van der Waals surface area (Å²) in [6.07, 6.45) is 2.01. The second kappa shape index (κ2) is 5.54. The molecule has 0 saturated heterocycles. The lowest BCUT2D eigenvalue weighted by Crippen LogP contribution is -2.43. The van der Waals surface area contributed by atoms with E-state index in [0.717, 1.165) is 31.0 Å². The monoisotopic (exact) mass is 281 g/mol. The first kappa shape index (κ1) is 14.4. The lowest BCUT2D eigenvalue weighted by atomic mass is 10.1. The third-order valence-corrected chi connectivity index (χ3v) is 3.61. The highest BCUT2D eigenvalue weighted by Crippen LogP contribution is 2.35. The van der Waals surface area contributed by atoms with Crippen molar-refractivity contribution < 1.29 is 14.1 Å². The van der Waals surface area contributed by atoms with Crippen LogP contribution >= 0.6 is 0 Å². The summed E-state index contributed by atoms with van der Waals surface area (Å²) in [5.41, 5.74) is 5.03. The smallest absolute Gasteiger partial charge is 0.285 e. The van der Waals surface area contributed by atoms with E-state index >= 15 is 0 Å². The van der Waals surface area contributed by atoms with Gasteiger partial charge in [0.1, 0.15) is 11.4 Å². The molecule has 1 aliphatic carbocycles. The molecule has 0 aromatic heterocycles. The quantitative estimate of drug-likeness (QED) is 0.655. The number of benzene rings is 1. The molecule has 0 heterocycles. The number of nitro groups is 1. The van der Waals surface area contributed by atoms with Gasteiger partial charge in [0.05, 0.1) is 11.0 Å². The van der Waals surface area contributed by atoms with Gasteiger partial charge in [0.25, 0.3) is 11.6 Å². The van der Waals surface area contributed by atoms with Gasteiger partial charge in [0.15, 0.2) is 0 Å². The Morgan fingerprint density at radius 1 is 1.60 bits per heavy atom. The van der Waals surface area contributed by atoms with Gasteiger partial charge in [-0.1, -0.05) is 0 Å². The van der Waals surface area contributed by atoms with E-state index in [1.165, 1.54) is 4.90 Å². The standard InChI is InChI=1S/C13H16FN3O3/c1-16(12(7-15)8-2-3-8)13(18)10-5-4-9(14)6-11(10)17(19)20/h4-6,8,12H,2-3,7,15H2,1H3. The summed E-state index contributed by atoms with van der Waals surface area (Å²) in [4.78, 5) is 24.0. The SMILES string of the molecule is CN(C(=O)c1ccc(F)cc1[N+](=O)[O-])C(CN)C1CC1. The van der Waals surface area contributed by atoms with Crippen LogP contribution in [0.15, 0.2) is 18.2 Å². The van der Waals surface area contributed by atoms with Crippen LogP contribution in [0.2, 0.25) is 0 Å². The Labute approximate surface area is 115 Å². The molecule has 1 unspecified atom stereocenters. The second-order valence-corrected chi connectivity index (χ2v) is 4.98. The van der Waals surface area contributed by atoms with Crippen LogP contribution in [0.25, 0.3) is 0 Å². The van der Waals surface area contributed by atoms with Gasteiger partial charge in [-0.05, 0) is 30.9 Å². The van der Waals surface area contributed by atoms with E-state index in [-0.39, 0.29) is 11.6 Å². The Bertz CT molecular complexity index is 546. The minimum atomic E-state index is -0.751. The highest BCUT2D eigenvalue weighted by Gasteiger charge is 2.36. The summed E-state index contributed by atoms with van der Waals surface area (Å²) in [6.45, 7) is 0.307. The van der Waals surface area contributed by atoms with Crippen molar-refractivity contribution in [3.8, 4) is 0 Å². The summed E-state index contributed by atoms with van der Waals surface area (Å²) < 4.78 is 13.1. The minimum absolute atomic E-state index is 0.113. The van der Waals surface area contributed by atoms with Gasteiger partial charge < -0.3 is 10.6 Å². The molecule has 1 saturated carbocycles. The van der Waals surface area contributed by atoms with E-state index in [0.29, 0.717) is 12.5 Å². The zero-order valence-corrected chi connectivity index (χ0v) is 11.1. The maximum atomic E-state index is 13.1. The molecule has 6 nitrogen and oxygen atoms in total. The summed E-state index contributed by atoms with van der Waals surface area (Å²) in [6, 6.07) is 2.82. The third kappa shape index (κ3) is 2.77. The van der Waals surface area contributed by atoms with Gasteiger partial charge in [-0.3, -0.25) is 14.9 Å². The lowest BCUT2D eigenvalue weighted by Gasteiger charge is -2.27. The molecule has 0 aliphatic heterocycles. The fraction of sp³-hybridized carbons (Fsp3) is 0.462. The summed E-state index contributed by atoms with van der Waals surface area (Å²) in [7, 11) is 1.57. The molecule has 7 heteroatoms. The van der Waals surface area contributed by atoms with Gasteiger partial charge >= 0.3 is 0 Å². The number of carbonyl (C=O) groups excluding carboxylic acids is 1. The third-order valence-electron chi connectivity index (χ3n) is 3.61. The van der Waals surface area contributed by atoms with E-state index in [1.54, 1.807) is 7.05 Å². The van der Waals surface area contributed by atoms with Crippen molar-refractivity contribution >= 4 is 11.6 Å². The minimum Gasteiger partial charge on any atom is -0.337 e. The fourth-order valence-corrected chi connectivity index (χ4v) is 2.33. The number of nitro benzene ring substituents is 1. The maximum absolute atomic E-state index is 13.1. The number of carbonyl (C=O) groups is 1. The Morgan fingerprint density at radius 2 is 2.25 bits per heavy atom. The van der Waals surface area contributed by atoms with Crippen LogP contribution in [0.4, 0.5) is 10.1 Å². The average molecular weight is 281 g/mol. The van der Waals surface area contributed by atoms with Crippen molar-refractivity contribution in [2.45, 2.75) is 18.9 Å². The fourth-order valence-electron chi connectivity index (χ4n) is 2.33. The molecule has 0 bridgehead atoms. The molecule has 1 aromatic rings.